The summed E-state index contributed by atoms with van der Waals surface area (Å²) in [6, 6.07) is 7.05. The Morgan fingerprint density at radius 2 is 2.00 bits per heavy atom. The predicted molar refractivity (Wildman–Crippen MR) is 59.9 cm³/mol. The van der Waals surface area contributed by atoms with Crippen molar-refractivity contribution in [3.8, 4) is 0 Å². The third kappa shape index (κ3) is 4.05. The fourth-order valence-electron chi connectivity index (χ4n) is 1.14. The van der Waals surface area contributed by atoms with Crippen LogP contribution >= 0.6 is 27.5 Å². The molecule has 1 atom stereocenters. The number of halogens is 4. The Morgan fingerprint density at radius 1 is 1.33 bits per heavy atom. The van der Waals surface area contributed by atoms with Gasteiger partial charge in [-0.2, -0.15) is 0 Å². The zero-order valence-corrected chi connectivity index (χ0v) is 10.1. The van der Waals surface area contributed by atoms with Gasteiger partial charge in [-0.05, 0) is 6.07 Å². The molecule has 1 nitrogen and oxygen atoms in total. The number of ether oxygens (including phenoxy) is 1. The van der Waals surface area contributed by atoms with Crippen molar-refractivity contribution in [1.82, 2.24) is 0 Å². The van der Waals surface area contributed by atoms with E-state index < -0.39 is 19.1 Å². The molecule has 0 aromatic heterocycles. The Morgan fingerprint density at radius 3 is 2.53 bits per heavy atom. The molecule has 1 unspecified atom stereocenters. The summed E-state index contributed by atoms with van der Waals surface area (Å²) < 4.78 is 29.0. The fraction of sp³-hybridized carbons (Fsp3) is 0.400. The van der Waals surface area contributed by atoms with Crippen LogP contribution in [0.1, 0.15) is 11.7 Å². The maximum atomic E-state index is 12.0. The Balaban J connectivity index is 2.70. The minimum absolute atomic E-state index is 0.434. The first-order chi connectivity index (χ1) is 7.15. The average Bonchev–Trinajstić information content (AvgIpc) is 2.21. The van der Waals surface area contributed by atoms with E-state index in [9.17, 15) is 8.78 Å². The summed E-state index contributed by atoms with van der Waals surface area (Å²) in [4.78, 5) is 0. The molecule has 1 rings (SSSR count). The Hall–Kier alpha value is -0.190. The molecule has 0 aliphatic carbocycles. The third-order valence-electron chi connectivity index (χ3n) is 1.82. The summed E-state index contributed by atoms with van der Waals surface area (Å²) in [5.74, 6) is 0. The van der Waals surface area contributed by atoms with E-state index in [-0.39, 0.29) is 0 Å². The zero-order chi connectivity index (χ0) is 11.3. The molecule has 0 saturated carbocycles. The molecule has 0 bridgehead atoms. The minimum Gasteiger partial charge on any atom is -0.367 e. The zero-order valence-electron chi connectivity index (χ0n) is 7.80. The highest BCUT2D eigenvalue weighted by Crippen LogP contribution is 2.27. The molecule has 1 aromatic rings. The molecule has 0 amide bonds. The van der Waals surface area contributed by atoms with Crippen LogP contribution in [0, 0.1) is 0 Å². The Kier molecular flexibility index (Phi) is 5.50. The van der Waals surface area contributed by atoms with Crippen LogP contribution in [-0.4, -0.2) is 18.4 Å². The van der Waals surface area contributed by atoms with Crippen LogP contribution in [0.2, 0.25) is 5.02 Å². The molecule has 0 fully saturated rings. The first-order valence-electron chi connectivity index (χ1n) is 4.35. The van der Waals surface area contributed by atoms with Gasteiger partial charge >= 0.3 is 0 Å². The molecule has 0 radical (unpaired) electrons. The number of hydrogen-bond donors (Lipinski definition) is 0. The van der Waals surface area contributed by atoms with Crippen molar-refractivity contribution in [2.24, 2.45) is 0 Å². The summed E-state index contributed by atoms with van der Waals surface area (Å²) in [7, 11) is 0. The van der Waals surface area contributed by atoms with Crippen LogP contribution in [0.15, 0.2) is 24.3 Å². The predicted octanol–water partition coefficient (Wildman–Crippen LogP) is 4.06. The average molecular weight is 300 g/mol. The van der Waals surface area contributed by atoms with Gasteiger partial charge in [-0.15, -0.1) is 0 Å². The molecular weight excluding hydrogens is 289 g/mol. The molecule has 0 N–H and O–H groups in total. The van der Waals surface area contributed by atoms with Crippen LogP contribution in [0.25, 0.3) is 0 Å². The largest absolute Gasteiger partial charge is 0.367 e. The maximum absolute atomic E-state index is 12.0. The summed E-state index contributed by atoms with van der Waals surface area (Å²) in [5, 5.41) is 0.958. The van der Waals surface area contributed by atoms with E-state index in [0.717, 1.165) is 5.56 Å². The lowest BCUT2D eigenvalue weighted by Gasteiger charge is -2.16. The molecule has 15 heavy (non-hydrogen) atoms. The molecular formula is C10H10BrClF2O. The van der Waals surface area contributed by atoms with E-state index in [2.05, 4.69) is 15.9 Å². The van der Waals surface area contributed by atoms with Crippen molar-refractivity contribution in [2.75, 3.05) is 11.9 Å². The number of rotatable bonds is 5. The van der Waals surface area contributed by atoms with Gasteiger partial charge in [0.05, 0.1) is 6.10 Å². The quantitative estimate of drug-likeness (QED) is 0.745. The number of benzene rings is 1. The fourth-order valence-corrected chi connectivity index (χ4v) is 1.94. The van der Waals surface area contributed by atoms with Crippen molar-refractivity contribution in [3.05, 3.63) is 34.9 Å². The third-order valence-corrected chi connectivity index (χ3v) is 2.75. The summed E-state index contributed by atoms with van der Waals surface area (Å²) in [6.45, 7) is -0.582. The second-order valence-electron chi connectivity index (χ2n) is 2.89. The van der Waals surface area contributed by atoms with Crippen molar-refractivity contribution in [2.45, 2.75) is 12.5 Å². The molecule has 5 heteroatoms. The lowest BCUT2D eigenvalue weighted by molar-refractivity contribution is -0.0158. The van der Waals surface area contributed by atoms with Crippen LogP contribution in [0.5, 0.6) is 0 Å². The van der Waals surface area contributed by atoms with Gasteiger partial charge in [0.2, 0.25) is 0 Å². The lowest BCUT2D eigenvalue weighted by atomic mass is 10.1. The van der Waals surface area contributed by atoms with E-state index in [1.165, 1.54) is 0 Å². The lowest BCUT2D eigenvalue weighted by Crippen LogP contribution is -2.12. The van der Waals surface area contributed by atoms with E-state index in [1.807, 2.05) is 0 Å². The normalized spacial score (nSPS) is 13.1. The summed E-state index contributed by atoms with van der Waals surface area (Å²) in [6.07, 6.45) is -2.90. The first kappa shape index (κ1) is 12.9. The van der Waals surface area contributed by atoms with Crippen LogP contribution in [0.4, 0.5) is 8.78 Å². The molecule has 84 valence electrons. The SMILES string of the molecule is FC(F)COC(CBr)c1ccccc1Cl. The van der Waals surface area contributed by atoms with Crippen molar-refractivity contribution >= 4 is 27.5 Å². The van der Waals surface area contributed by atoms with Crippen molar-refractivity contribution < 1.29 is 13.5 Å². The highest BCUT2D eigenvalue weighted by molar-refractivity contribution is 9.09. The van der Waals surface area contributed by atoms with Gasteiger partial charge in [-0.25, -0.2) is 8.78 Å². The standard InChI is InChI=1S/C10H10BrClF2O/c11-5-9(15-6-10(13)14)7-3-1-2-4-8(7)12/h1-4,9-10H,5-6H2. The molecule has 0 spiro atoms. The van der Waals surface area contributed by atoms with E-state index in [1.54, 1.807) is 24.3 Å². The van der Waals surface area contributed by atoms with Gasteiger partial charge in [0, 0.05) is 15.9 Å². The van der Waals surface area contributed by atoms with Gasteiger partial charge in [-0.1, -0.05) is 45.7 Å². The van der Waals surface area contributed by atoms with E-state index in [0.29, 0.717) is 10.4 Å². The van der Waals surface area contributed by atoms with Gasteiger partial charge in [0.25, 0.3) is 6.43 Å². The van der Waals surface area contributed by atoms with E-state index in [4.69, 9.17) is 16.3 Å². The molecule has 0 aliphatic heterocycles. The number of hydrogen-bond acceptors (Lipinski definition) is 1. The van der Waals surface area contributed by atoms with Crippen LogP contribution in [0.3, 0.4) is 0 Å². The number of alkyl halides is 3. The van der Waals surface area contributed by atoms with Gasteiger partial charge in [0.1, 0.15) is 6.61 Å². The van der Waals surface area contributed by atoms with E-state index >= 15 is 0 Å². The summed E-state index contributed by atoms with van der Waals surface area (Å²) >= 11 is 9.13. The Labute approximate surface area is 101 Å². The second-order valence-corrected chi connectivity index (χ2v) is 3.94. The molecule has 1 aromatic carbocycles. The van der Waals surface area contributed by atoms with Crippen LogP contribution < -0.4 is 0 Å². The van der Waals surface area contributed by atoms with Gasteiger partial charge < -0.3 is 4.74 Å². The second kappa shape index (κ2) is 6.40. The topological polar surface area (TPSA) is 9.23 Å². The van der Waals surface area contributed by atoms with Gasteiger partial charge in [0.15, 0.2) is 0 Å². The van der Waals surface area contributed by atoms with Crippen molar-refractivity contribution in [3.63, 3.8) is 0 Å². The monoisotopic (exact) mass is 298 g/mol. The minimum atomic E-state index is -2.46. The van der Waals surface area contributed by atoms with Crippen LogP contribution in [-0.2, 0) is 4.74 Å². The smallest absolute Gasteiger partial charge is 0.261 e. The molecule has 0 heterocycles. The maximum Gasteiger partial charge on any atom is 0.261 e. The highest BCUT2D eigenvalue weighted by Gasteiger charge is 2.15. The first-order valence-corrected chi connectivity index (χ1v) is 5.85. The Bertz CT molecular complexity index is 309. The molecule has 0 saturated heterocycles. The summed E-state index contributed by atoms with van der Waals surface area (Å²) in [5.41, 5.74) is 0.719. The van der Waals surface area contributed by atoms with Crippen molar-refractivity contribution in [1.29, 1.82) is 0 Å². The highest BCUT2D eigenvalue weighted by atomic mass is 79.9. The molecule has 0 aliphatic rings. The van der Waals surface area contributed by atoms with Gasteiger partial charge in [-0.3, -0.25) is 0 Å².